The molecule has 2 unspecified atom stereocenters. The van der Waals surface area contributed by atoms with Crippen molar-refractivity contribution < 1.29 is 42.9 Å². The predicted molar refractivity (Wildman–Crippen MR) is 175 cm³/mol. The lowest BCUT2D eigenvalue weighted by Crippen LogP contribution is -2.71. The van der Waals surface area contributed by atoms with E-state index in [0.717, 1.165) is 16.7 Å². The molecule has 0 radical (unpaired) electrons. The smallest absolute Gasteiger partial charge is 0.408 e. The SMILES string of the molecule is COCOc1c(OC)c(C)cc2c1[C@@H]1C3CC4=C(C(=O)C(=O)C(C)C4=O)[C@H](CNC(=O)[C@H](C)NC(=O)OC(C)(C)C)N3[C@@H](C#N)[C@H](C2)N1C. The summed E-state index contributed by atoms with van der Waals surface area (Å²) in [7, 11) is 5.00. The van der Waals surface area contributed by atoms with E-state index in [2.05, 4.69) is 21.6 Å². The van der Waals surface area contributed by atoms with Crippen LogP contribution in [0.4, 0.5) is 4.79 Å². The number of benzene rings is 1. The minimum absolute atomic E-state index is 0.0119. The molecule has 2 amide bonds. The Kier molecular flexibility index (Phi) is 9.93. The number of ether oxygens (including phenoxy) is 4. The van der Waals surface area contributed by atoms with Crippen LogP contribution >= 0.6 is 0 Å². The van der Waals surface area contributed by atoms with E-state index in [1.807, 2.05) is 24.9 Å². The van der Waals surface area contributed by atoms with Crippen molar-refractivity contribution >= 4 is 29.4 Å². The first kappa shape index (κ1) is 36.0. The third-order valence-corrected chi connectivity index (χ3v) is 9.90. The summed E-state index contributed by atoms with van der Waals surface area (Å²) in [6.45, 7) is 9.69. The van der Waals surface area contributed by atoms with E-state index in [-0.39, 0.29) is 36.9 Å². The minimum atomic E-state index is -1.14. The normalized spacial score (nSPS) is 27.3. The minimum Gasteiger partial charge on any atom is -0.493 e. The van der Waals surface area contributed by atoms with Crippen molar-refractivity contribution in [3.05, 3.63) is 33.9 Å². The predicted octanol–water partition coefficient (Wildman–Crippen LogP) is 1.92. The number of alkyl carbamates (subject to hydrolysis) is 1. The van der Waals surface area contributed by atoms with Gasteiger partial charge in [0, 0.05) is 42.4 Å². The fourth-order valence-corrected chi connectivity index (χ4v) is 7.81. The first-order valence-corrected chi connectivity index (χ1v) is 16.4. The third kappa shape index (κ3) is 6.31. The summed E-state index contributed by atoms with van der Waals surface area (Å²) in [4.78, 5) is 70.3. The molecule has 1 fully saturated rings. The Labute approximate surface area is 286 Å². The van der Waals surface area contributed by atoms with Crippen molar-refractivity contribution in [2.75, 3.05) is 34.6 Å². The summed E-state index contributed by atoms with van der Waals surface area (Å²) in [6, 6.07) is 0.373. The molecule has 0 saturated carbocycles. The van der Waals surface area contributed by atoms with Gasteiger partial charge in [0.05, 0.1) is 31.2 Å². The molecule has 14 nitrogen and oxygen atoms in total. The maximum atomic E-state index is 13.8. The van der Waals surface area contributed by atoms with Gasteiger partial charge in [-0.3, -0.25) is 29.0 Å². The van der Waals surface area contributed by atoms with Gasteiger partial charge < -0.3 is 29.6 Å². The quantitative estimate of drug-likeness (QED) is 0.232. The first-order valence-electron chi connectivity index (χ1n) is 16.4. The molecule has 2 bridgehead atoms. The number of carbonyl (C=O) groups excluding carboxylic acids is 5. The summed E-state index contributed by atoms with van der Waals surface area (Å²) in [6.07, 6.45) is -0.224. The van der Waals surface area contributed by atoms with Crippen LogP contribution in [0, 0.1) is 24.2 Å². The Morgan fingerprint density at radius 1 is 1.10 bits per heavy atom. The molecule has 5 rings (SSSR count). The number of nitrogens with zero attached hydrogens (tertiary/aromatic N) is 3. The Morgan fingerprint density at radius 2 is 1.80 bits per heavy atom. The summed E-state index contributed by atoms with van der Waals surface area (Å²) in [5.41, 5.74) is 2.11. The monoisotopic (exact) mass is 679 g/mol. The number of piperazine rings is 1. The van der Waals surface area contributed by atoms with E-state index in [0.29, 0.717) is 17.9 Å². The van der Waals surface area contributed by atoms with Crippen LogP contribution in [-0.4, -0.2) is 110 Å². The number of ketones is 3. The Hall–Kier alpha value is -4.32. The van der Waals surface area contributed by atoms with Gasteiger partial charge in [-0.25, -0.2) is 4.79 Å². The fourth-order valence-electron chi connectivity index (χ4n) is 7.81. The second kappa shape index (κ2) is 13.5. The standard InChI is InChI=1S/C35H45N5O9/c1-16-10-19-11-21-23(13-36)40-22(27(39(21)7)25(19)32(31(16)47-9)48-15-46-8)12-20-26(30(43)29(42)17(2)28(20)41)24(40)14-37-33(44)18(3)38-34(45)49-35(4,5)6/h10,17-18,21-24,27H,11-12,14-15H2,1-9H3,(H,37,44)(H,38,45)/t17?,18-,21-,22?,23-,24-,27-/m0/s1. The summed E-state index contributed by atoms with van der Waals surface area (Å²) in [5.74, 6) is -2.74. The van der Waals surface area contributed by atoms with Crippen molar-refractivity contribution in [3.63, 3.8) is 0 Å². The lowest BCUT2D eigenvalue weighted by Gasteiger charge is -2.60. The molecule has 2 N–H and O–H groups in total. The third-order valence-electron chi connectivity index (χ3n) is 9.90. The van der Waals surface area contributed by atoms with Crippen LogP contribution in [0.2, 0.25) is 0 Å². The number of rotatable bonds is 8. The van der Waals surface area contributed by atoms with E-state index in [1.54, 1.807) is 27.9 Å². The van der Waals surface area contributed by atoms with E-state index < -0.39 is 71.1 Å². The van der Waals surface area contributed by atoms with Crippen LogP contribution < -0.4 is 20.1 Å². The number of nitrogens with one attached hydrogen (secondary N) is 2. The highest BCUT2D eigenvalue weighted by molar-refractivity contribution is 6.51. The average molecular weight is 680 g/mol. The van der Waals surface area contributed by atoms with Gasteiger partial charge in [-0.2, -0.15) is 5.26 Å². The number of methoxy groups -OCH3 is 2. The Balaban J connectivity index is 1.61. The van der Waals surface area contributed by atoms with Gasteiger partial charge in [0.25, 0.3) is 0 Å². The number of hydrogen-bond acceptors (Lipinski definition) is 12. The molecule has 1 saturated heterocycles. The molecule has 0 aromatic heterocycles. The summed E-state index contributed by atoms with van der Waals surface area (Å²) in [5, 5.41) is 16.0. The van der Waals surface area contributed by atoms with Crippen LogP contribution in [0.1, 0.15) is 63.8 Å². The van der Waals surface area contributed by atoms with Gasteiger partial charge in [-0.1, -0.05) is 6.07 Å². The molecule has 3 aliphatic heterocycles. The van der Waals surface area contributed by atoms with Crippen LogP contribution in [0.25, 0.3) is 0 Å². The molecule has 1 aromatic rings. The molecule has 7 atom stereocenters. The number of likely N-dealkylation sites (N-methyl/N-ethyl adjacent to an activating group) is 1. The van der Waals surface area contributed by atoms with Gasteiger partial charge in [-0.05, 0) is 72.6 Å². The highest BCUT2D eigenvalue weighted by Crippen LogP contribution is 2.54. The highest BCUT2D eigenvalue weighted by atomic mass is 16.7. The number of carbonyl (C=O) groups is 5. The van der Waals surface area contributed by atoms with Gasteiger partial charge in [0.15, 0.2) is 24.1 Å². The fraction of sp³-hybridized carbons (Fsp3) is 0.600. The molecular formula is C35H45N5O9. The zero-order chi connectivity index (χ0) is 36.1. The van der Waals surface area contributed by atoms with Crippen LogP contribution in [0.3, 0.4) is 0 Å². The second-order valence-corrected chi connectivity index (χ2v) is 14.2. The summed E-state index contributed by atoms with van der Waals surface area (Å²) < 4.78 is 22.5. The van der Waals surface area contributed by atoms with Crippen molar-refractivity contribution in [1.29, 1.82) is 5.26 Å². The number of amides is 2. The van der Waals surface area contributed by atoms with Crippen LogP contribution in [0.5, 0.6) is 11.5 Å². The lowest BCUT2D eigenvalue weighted by molar-refractivity contribution is -0.143. The second-order valence-electron chi connectivity index (χ2n) is 14.2. The number of nitriles is 1. The van der Waals surface area contributed by atoms with E-state index >= 15 is 0 Å². The topological polar surface area (TPSA) is 177 Å². The van der Waals surface area contributed by atoms with E-state index in [9.17, 15) is 29.2 Å². The van der Waals surface area contributed by atoms with Crippen molar-refractivity contribution in [3.8, 4) is 17.6 Å². The van der Waals surface area contributed by atoms with Gasteiger partial charge >= 0.3 is 6.09 Å². The van der Waals surface area contributed by atoms with Gasteiger partial charge in [-0.15, -0.1) is 0 Å². The van der Waals surface area contributed by atoms with E-state index in [1.165, 1.54) is 21.0 Å². The lowest BCUT2D eigenvalue weighted by atomic mass is 9.68. The first-order chi connectivity index (χ1) is 23.1. The van der Waals surface area contributed by atoms with Crippen LogP contribution in [0.15, 0.2) is 17.2 Å². The van der Waals surface area contributed by atoms with Crippen molar-refractivity contribution in [2.24, 2.45) is 5.92 Å². The number of Topliss-reactive ketones (excluding diaryl/α,β-unsaturated/α-hetero) is 3. The molecule has 1 aromatic carbocycles. The molecule has 49 heavy (non-hydrogen) atoms. The van der Waals surface area contributed by atoms with E-state index in [4.69, 9.17) is 18.9 Å². The molecular weight excluding hydrogens is 634 g/mol. The zero-order valence-electron chi connectivity index (χ0n) is 29.5. The number of fused-ring (bicyclic) bond motifs is 6. The number of hydrogen-bond donors (Lipinski definition) is 2. The largest absolute Gasteiger partial charge is 0.493 e. The summed E-state index contributed by atoms with van der Waals surface area (Å²) >= 11 is 0. The molecule has 1 aliphatic carbocycles. The molecule has 0 spiro atoms. The van der Waals surface area contributed by atoms with Gasteiger partial charge in [0.1, 0.15) is 17.7 Å². The van der Waals surface area contributed by atoms with Crippen molar-refractivity contribution in [2.45, 2.75) is 96.2 Å². The average Bonchev–Trinajstić information content (AvgIpc) is 3.03. The Morgan fingerprint density at radius 3 is 2.41 bits per heavy atom. The number of aryl methyl sites for hydroxylation is 1. The molecule has 264 valence electrons. The molecule has 14 heteroatoms. The van der Waals surface area contributed by atoms with Crippen LogP contribution in [-0.2, 0) is 35.1 Å². The zero-order valence-corrected chi connectivity index (χ0v) is 29.5. The van der Waals surface area contributed by atoms with Crippen molar-refractivity contribution in [1.82, 2.24) is 20.4 Å². The highest BCUT2D eigenvalue weighted by Gasteiger charge is 2.58. The molecule has 4 aliphatic rings. The van der Waals surface area contributed by atoms with Gasteiger partial charge in [0.2, 0.25) is 17.5 Å². The molecule has 3 heterocycles. The Bertz CT molecular complexity index is 1660. The maximum absolute atomic E-state index is 13.8. The maximum Gasteiger partial charge on any atom is 0.408 e.